The normalized spacial score (nSPS) is 28.9. The fourth-order valence-corrected chi connectivity index (χ4v) is 4.02. The van der Waals surface area contributed by atoms with Gasteiger partial charge in [-0.3, -0.25) is 9.69 Å². The van der Waals surface area contributed by atoms with Crippen LogP contribution in [0, 0.1) is 0 Å². The smallest absolute Gasteiger partial charge is 0.302 e. The highest BCUT2D eigenvalue weighted by Gasteiger charge is 2.56. The molecule has 2 rings (SSSR count). The highest BCUT2D eigenvalue weighted by atomic mass is 16.8. The van der Waals surface area contributed by atoms with E-state index in [0.717, 1.165) is 12.8 Å². The van der Waals surface area contributed by atoms with Gasteiger partial charge in [-0.15, -0.1) is 0 Å². The molecule has 2 heterocycles. The average Bonchev–Trinajstić information content (AvgIpc) is 2.76. The number of rotatable bonds is 5. The molecule has 23 heavy (non-hydrogen) atoms. The molecule has 2 saturated heterocycles. The van der Waals surface area contributed by atoms with E-state index in [2.05, 4.69) is 32.6 Å². The standard InChI is InChI=1S/C17H31NO5/c1-7-20-12-18-15(3,4)10-17(11-16(18,5)6)22-9-14(23-17)8-21-13(2)19/h14H,7-12H2,1-6H3. The van der Waals surface area contributed by atoms with Crippen LogP contribution in [0.1, 0.15) is 54.4 Å². The Morgan fingerprint density at radius 3 is 2.35 bits per heavy atom. The van der Waals surface area contributed by atoms with E-state index in [-0.39, 0.29) is 29.8 Å². The molecule has 0 aromatic heterocycles. The van der Waals surface area contributed by atoms with Gasteiger partial charge in [0.25, 0.3) is 0 Å². The van der Waals surface area contributed by atoms with Gasteiger partial charge < -0.3 is 18.9 Å². The van der Waals surface area contributed by atoms with Crippen molar-refractivity contribution in [2.75, 3.05) is 26.6 Å². The molecule has 6 heteroatoms. The zero-order valence-electron chi connectivity index (χ0n) is 15.3. The Kier molecular flexibility index (Phi) is 5.41. The minimum Gasteiger partial charge on any atom is -0.463 e. The summed E-state index contributed by atoms with van der Waals surface area (Å²) in [4.78, 5) is 13.4. The van der Waals surface area contributed by atoms with Crippen LogP contribution >= 0.6 is 0 Å². The highest BCUT2D eigenvalue weighted by Crippen LogP contribution is 2.48. The number of hydrogen-bond acceptors (Lipinski definition) is 6. The number of ether oxygens (including phenoxy) is 4. The first-order chi connectivity index (χ1) is 10.6. The summed E-state index contributed by atoms with van der Waals surface area (Å²) >= 11 is 0. The molecule has 0 saturated carbocycles. The van der Waals surface area contributed by atoms with Crippen molar-refractivity contribution >= 4 is 5.97 Å². The van der Waals surface area contributed by atoms with Gasteiger partial charge in [0.1, 0.15) is 12.7 Å². The van der Waals surface area contributed by atoms with Gasteiger partial charge in [0, 0.05) is 37.5 Å². The summed E-state index contributed by atoms with van der Waals surface area (Å²) in [5, 5.41) is 0. The van der Waals surface area contributed by atoms with Crippen LogP contribution in [0.25, 0.3) is 0 Å². The first-order valence-corrected chi connectivity index (χ1v) is 8.41. The molecular weight excluding hydrogens is 298 g/mol. The molecule has 0 N–H and O–H groups in total. The van der Waals surface area contributed by atoms with Crippen molar-refractivity contribution < 1.29 is 23.7 Å². The third kappa shape index (κ3) is 4.24. The maximum atomic E-state index is 11.0. The summed E-state index contributed by atoms with van der Waals surface area (Å²) < 4.78 is 23.0. The van der Waals surface area contributed by atoms with E-state index in [1.165, 1.54) is 6.92 Å². The lowest BCUT2D eigenvalue weighted by molar-refractivity contribution is -0.258. The largest absolute Gasteiger partial charge is 0.463 e. The molecule has 0 radical (unpaired) electrons. The Balaban J connectivity index is 2.08. The van der Waals surface area contributed by atoms with Gasteiger partial charge in [0.05, 0.1) is 13.3 Å². The number of hydrogen-bond donors (Lipinski definition) is 0. The van der Waals surface area contributed by atoms with E-state index in [1.54, 1.807) is 0 Å². The first kappa shape index (κ1) is 18.6. The van der Waals surface area contributed by atoms with E-state index in [9.17, 15) is 4.79 Å². The van der Waals surface area contributed by atoms with E-state index in [0.29, 0.717) is 19.9 Å². The molecule has 1 spiro atoms. The minimum atomic E-state index is -0.611. The third-order valence-corrected chi connectivity index (χ3v) is 4.68. The maximum absolute atomic E-state index is 11.0. The van der Waals surface area contributed by atoms with Crippen LogP contribution in [-0.2, 0) is 23.7 Å². The number of esters is 1. The van der Waals surface area contributed by atoms with Gasteiger partial charge in [0.2, 0.25) is 0 Å². The van der Waals surface area contributed by atoms with Crippen LogP contribution < -0.4 is 0 Å². The second kappa shape index (κ2) is 6.67. The highest BCUT2D eigenvalue weighted by molar-refractivity contribution is 5.65. The number of carbonyl (C=O) groups is 1. The minimum absolute atomic E-state index is 0.118. The summed E-state index contributed by atoms with van der Waals surface area (Å²) in [5.41, 5.74) is -0.236. The van der Waals surface area contributed by atoms with E-state index in [4.69, 9.17) is 18.9 Å². The zero-order valence-corrected chi connectivity index (χ0v) is 15.3. The van der Waals surface area contributed by atoms with Crippen molar-refractivity contribution in [3.8, 4) is 0 Å². The first-order valence-electron chi connectivity index (χ1n) is 8.41. The second-order valence-electron chi connectivity index (χ2n) is 7.79. The van der Waals surface area contributed by atoms with Gasteiger partial charge >= 0.3 is 5.97 Å². The second-order valence-corrected chi connectivity index (χ2v) is 7.79. The van der Waals surface area contributed by atoms with Crippen LogP contribution in [0.4, 0.5) is 0 Å². The molecule has 134 valence electrons. The SMILES string of the molecule is CCOCN1C(C)(C)CC2(CC1(C)C)OCC(COC(C)=O)O2. The monoisotopic (exact) mass is 329 g/mol. The molecule has 2 aliphatic heterocycles. The van der Waals surface area contributed by atoms with Gasteiger partial charge in [-0.05, 0) is 34.6 Å². The summed E-state index contributed by atoms with van der Waals surface area (Å²) in [6, 6.07) is 0. The summed E-state index contributed by atoms with van der Waals surface area (Å²) in [6.07, 6.45) is 1.32. The van der Waals surface area contributed by atoms with Gasteiger partial charge in [0.15, 0.2) is 5.79 Å². The van der Waals surface area contributed by atoms with Crippen LogP contribution in [0.2, 0.25) is 0 Å². The summed E-state index contributed by atoms with van der Waals surface area (Å²) in [7, 11) is 0. The van der Waals surface area contributed by atoms with E-state index >= 15 is 0 Å². The van der Waals surface area contributed by atoms with Crippen molar-refractivity contribution in [1.82, 2.24) is 4.90 Å². The predicted octanol–water partition coefficient (Wildman–Crippen LogP) is 2.31. The van der Waals surface area contributed by atoms with Crippen molar-refractivity contribution in [2.24, 2.45) is 0 Å². The summed E-state index contributed by atoms with van der Waals surface area (Å²) in [5.74, 6) is -0.901. The van der Waals surface area contributed by atoms with Crippen LogP contribution in [-0.4, -0.2) is 60.4 Å². The van der Waals surface area contributed by atoms with E-state index < -0.39 is 5.79 Å². The van der Waals surface area contributed by atoms with Gasteiger partial charge in [-0.25, -0.2) is 0 Å². The van der Waals surface area contributed by atoms with E-state index in [1.807, 2.05) is 6.92 Å². The van der Waals surface area contributed by atoms with Gasteiger partial charge in [-0.1, -0.05) is 0 Å². The lowest BCUT2D eigenvalue weighted by atomic mass is 9.76. The molecule has 0 aromatic rings. The fraction of sp³-hybridized carbons (Fsp3) is 0.941. The number of carbonyl (C=O) groups excluding carboxylic acids is 1. The molecule has 0 aromatic carbocycles. The number of likely N-dealkylation sites (tertiary alicyclic amines) is 1. The van der Waals surface area contributed by atoms with Gasteiger partial charge in [-0.2, -0.15) is 0 Å². The molecule has 1 atom stereocenters. The van der Waals surface area contributed by atoms with Crippen molar-refractivity contribution in [3.63, 3.8) is 0 Å². The fourth-order valence-electron chi connectivity index (χ4n) is 4.02. The Labute approximate surface area is 139 Å². The van der Waals surface area contributed by atoms with Crippen LogP contribution in [0.3, 0.4) is 0 Å². The predicted molar refractivity (Wildman–Crippen MR) is 85.9 cm³/mol. The Morgan fingerprint density at radius 2 is 1.83 bits per heavy atom. The van der Waals surface area contributed by atoms with Crippen LogP contribution in [0.5, 0.6) is 0 Å². The average molecular weight is 329 g/mol. The van der Waals surface area contributed by atoms with Crippen molar-refractivity contribution in [3.05, 3.63) is 0 Å². The molecule has 0 bridgehead atoms. The quantitative estimate of drug-likeness (QED) is 0.722. The van der Waals surface area contributed by atoms with Crippen molar-refractivity contribution in [1.29, 1.82) is 0 Å². The Hall–Kier alpha value is -0.690. The molecule has 6 nitrogen and oxygen atoms in total. The van der Waals surface area contributed by atoms with Crippen molar-refractivity contribution in [2.45, 2.75) is 77.4 Å². The molecule has 2 aliphatic rings. The molecule has 2 fully saturated rings. The Morgan fingerprint density at radius 1 is 1.22 bits per heavy atom. The maximum Gasteiger partial charge on any atom is 0.302 e. The number of nitrogens with zero attached hydrogens (tertiary/aromatic N) is 1. The lowest BCUT2D eigenvalue weighted by Gasteiger charge is -2.57. The Bertz CT molecular complexity index is 417. The molecular formula is C17H31NO5. The topological polar surface area (TPSA) is 57.2 Å². The summed E-state index contributed by atoms with van der Waals surface area (Å²) in [6.45, 7) is 14.2. The zero-order chi connectivity index (χ0) is 17.3. The molecule has 0 aliphatic carbocycles. The molecule has 1 unspecified atom stereocenters. The number of piperidine rings is 1. The third-order valence-electron chi connectivity index (χ3n) is 4.68. The lowest BCUT2D eigenvalue weighted by Crippen LogP contribution is -2.66. The molecule has 0 amide bonds. The van der Waals surface area contributed by atoms with Crippen LogP contribution in [0.15, 0.2) is 0 Å².